The summed E-state index contributed by atoms with van der Waals surface area (Å²) in [5, 5.41) is 3.31. The average Bonchev–Trinajstić information content (AvgIpc) is 2.87. The van der Waals surface area contributed by atoms with Crippen LogP contribution in [0.3, 0.4) is 0 Å². The van der Waals surface area contributed by atoms with E-state index in [1.165, 1.54) is 6.07 Å². The molecule has 1 heterocycles. The summed E-state index contributed by atoms with van der Waals surface area (Å²) >= 11 is 0. The van der Waals surface area contributed by atoms with Gasteiger partial charge in [-0.1, -0.05) is 19.9 Å². The average molecular weight is 291 g/mol. The largest absolute Gasteiger partial charge is 0.483 e. The Kier molecular flexibility index (Phi) is 5.39. The molecular weight excluding hydrogens is 269 g/mol. The molecule has 114 valence electrons. The maximum atomic E-state index is 13.6. The first kappa shape index (κ1) is 15.6. The van der Waals surface area contributed by atoms with Gasteiger partial charge in [-0.05, 0) is 49.2 Å². The summed E-state index contributed by atoms with van der Waals surface area (Å²) in [5.74, 6) is 2.06. The van der Waals surface area contributed by atoms with Gasteiger partial charge in [-0.3, -0.25) is 0 Å². The van der Waals surface area contributed by atoms with Crippen LogP contribution >= 0.6 is 0 Å². The van der Waals surface area contributed by atoms with Crippen LogP contribution in [0.4, 0.5) is 4.39 Å². The molecule has 3 nitrogen and oxygen atoms in total. The third-order valence-electron chi connectivity index (χ3n) is 3.03. The van der Waals surface area contributed by atoms with Gasteiger partial charge in [0, 0.05) is 0 Å². The lowest BCUT2D eigenvalue weighted by atomic mass is 10.2. The molecule has 2 aromatic rings. The highest BCUT2D eigenvalue weighted by molar-refractivity contribution is 5.29. The molecule has 1 aromatic heterocycles. The van der Waals surface area contributed by atoms with Crippen LogP contribution in [-0.4, -0.2) is 6.54 Å². The number of aryl methyl sites for hydroxylation is 1. The summed E-state index contributed by atoms with van der Waals surface area (Å²) in [7, 11) is 0. The van der Waals surface area contributed by atoms with Crippen molar-refractivity contribution in [2.45, 2.75) is 33.9 Å². The normalized spacial score (nSPS) is 11.1. The van der Waals surface area contributed by atoms with E-state index in [4.69, 9.17) is 9.15 Å². The molecule has 0 amide bonds. The van der Waals surface area contributed by atoms with Crippen molar-refractivity contribution < 1.29 is 13.5 Å². The Morgan fingerprint density at radius 2 is 1.95 bits per heavy atom. The Balaban J connectivity index is 1.86. The summed E-state index contributed by atoms with van der Waals surface area (Å²) in [5.41, 5.74) is 0.962. The molecule has 0 fully saturated rings. The van der Waals surface area contributed by atoms with E-state index in [0.717, 1.165) is 17.9 Å². The second kappa shape index (κ2) is 7.27. The summed E-state index contributed by atoms with van der Waals surface area (Å²) in [6, 6.07) is 8.59. The SMILES string of the molecule is Cc1ccc(F)c(OCc2ccc(CNCC(C)C)o2)c1. The van der Waals surface area contributed by atoms with E-state index in [2.05, 4.69) is 19.2 Å². The van der Waals surface area contributed by atoms with E-state index in [-0.39, 0.29) is 18.2 Å². The quantitative estimate of drug-likeness (QED) is 0.835. The van der Waals surface area contributed by atoms with Crippen LogP contribution in [0.1, 0.15) is 30.9 Å². The van der Waals surface area contributed by atoms with Crippen LogP contribution < -0.4 is 10.1 Å². The first-order valence-electron chi connectivity index (χ1n) is 7.22. The van der Waals surface area contributed by atoms with Crippen molar-refractivity contribution in [3.63, 3.8) is 0 Å². The topological polar surface area (TPSA) is 34.4 Å². The first-order valence-corrected chi connectivity index (χ1v) is 7.22. The second-order valence-corrected chi connectivity index (χ2v) is 5.62. The summed E-state index contributed by atoms with van der Waals surface area (Å²) in [6.45, 7) is 8.08. The molecule has 0 unspecified atom stereocenters. The lowest BCUT2D eigenvalue weighted by Gasteiger charge is -2.07. The van der Waals surface area contributed by atoms with E-state index >= 15 is 0 Å². The Bertz CT molecular complexity index is 578. The fourth-order valence-corrected chi connectivity index (χ4v) is 1.95. The van der Waals surface area contributed by atoms with E-state index in [1.54, 1.807) is 12.1 Å². The van der Waals surface area contributed by atoms with Gasteiger partial charge in [0.25, 0.3) is 0 Å². The molecule has 0 radical (unpaired) electrons. The minimum atomic E-state index is -0.356. The van der Waals surface area contributed by atoms with Crippen LogP contribution in [0.25, 0.3) is 0 Å². The minimum absolute atomic E-state index is 0.227. The van der Waals surface area contributed by atoms with Crippen LogP contribution in [0, 0.1) is 18.7 Å². The predicted molar refractivity (Wildman–Crippen MR) is 80.7 cm³/mol. The molecule has 21 heavy (non-hydrogen) atoms. The maximum absolute atomic E-state index is 13.6. The van der Waals surface area contributed by atoms with Crippen LogP contribution in [0.2, 0.25) is 0 Å². The Morgan fingerprint density at radius 1 is 1.19 bits per heavy atom. The van der Waals surface area contributed by atoms with Crippen LogP contribution in [0.15, 0.2) is 34.7 Å². The third kappa shape index (κ3) is 4.90. The molecule has 0 aliphatic heterocycles. The van der Waals surface area contributed by atoms with Gasteiger partial charge in [0.1, 0.15) is 18.1 Å². The second-order valence-electron chi connectivity index (χ2n) is 5.62. The van der Waals surface area contributed by atoms with Gasteiger partial charge in [-0.25, -0.2) is 4.39 Å². The standard InChI is InChI=1S/C17H22FNO2/c1-12(2)9-19-10-14-5-6-15(21-14)11-20-17-8-13(3)4-7-16(17)18/h4-8,12,19H,9-11H2,1-3H3. The van der Waals surface area contributed by atoms with Crippen LogP contribution in [-0.2, 0) is 13.2 Å². The summed E-state index contributed by atoms with van der Waals surface area (Å²) < 4.78 is 24.7. The van der Waals surface area contributed by atoms with Gasteiger partial charge in [0.2, 0.25) is 0 Å². The molecular formula is C17H22FNO2. The number of hydrogen-bond acceptors (Lipinski definition) is 3. The maximum Gasteiger partial charge on any atom is 0.165 e. The zero-order valence-corrected chi connectivity index (χ0v) is 12.8. The molecule has 0 saturated carbocycles. The van der Waals surface area contributed by atoms with Gasteiger partial charge >= 0.3 is 0 Å². The van der Waals surface area contributed by atoms with Gasteiger partial charge in [-0.15, -0.1) is 0 Å². The van der Waals surface area contributed by atoms with Crippen molar-refractivity contribution in [3.8, 4) is 5.75 Å². The number of benzene rings is 1. The zero-order chi connectivity index (χ0) is 15.2. The molecule has 0 spiro atoms. The highest BCUT2D eigenvalue weighted by Crippen LogP contribution is 2.20. The fraction of sp³-hybridized carbons (Fsp3) is 0.412. The van der Waals surface area contributed by atoms with Crippen molar-refractivity contribution in [1.82, 2.24) is 5.32 Å². The highest BCUT2D eigenvalue weighted by atomic mass is 19.1. The molecule has 4 heteroatoms. The predicted octanol–water partition coefficient (Wildman–Crippen LogP) is 4.05. The Labute approximate surface area is 125 Å². The van der Waals surface area contributed by atoms with E-state index in [1.807, 2.05) is 19.1 Å². The number of hydrogen-bond donors (Lipinski definition) is 1. The van der Waals surface area contributed by atoms with E-state index in [0.29, 0.717) is 18.2 Å². The van der Waals surface area contributed by atoms with Gasteiger partial charge < -0.3 is 14.5 Å². The Hall–Kier alpha value is -1.81. The van der Waals surface area contributed by atoms with E-state index < -0.39 is 0 Å². The van der Waals surface area contributed by atoms with Crippen LogP contribution in [0.5, 0.6) is 5.75 Å². The molecule has 0 atom stereocenters. The highest BCUT2D eigenvalue weighted by Gasteiger charge is 2.07. The zero-order valence-electron chi connectivity index (χ0n) is 12.8. The molecule has 0 bridgehead atoms. The van der Waals surface area contributed by atoms with E-state index in [9.17, 15) is 4.39 Å². The van der Waals surface area contributed by atoms with Crippen molar-refractivity contribution in [2.24, 2.45) is 5.92 Å². The Morgan fingerprint density at radius 3 is 2.71 bits per heavy atom. The smallest absolute Gasteiger partial charge is 0.165 e. The lowest BCUT2D eigenvalue weighted by molar-refractivity contribution is 0.254. The molecule has 0 aliphatic rings. The summed E-state index contributed by atoms with van der Waals surface area (Å²) in [4.78, 5) is 0. The minimum Gasteiger partial charge on any atom is -0.483 e. The number of rotatable bonds is 7. The van der Waals surface area contributed by atoms with Crippen molar-refractivity contribution >= 4 is 0 Å². The lowest BCUT2D eigenvalue weighted by Crippen LogP contribution is -2.18. The molecule has 1 aromatic carbocycles. The molecule has 0 aliphatic carbocycles. The van der Waals surface area contributed by atoms with Crippen molar-refractivity contribution in [1.29, 1.82) is 0 Å². The number of nitrogens with one attached hydrogen (secondary N) is 1. The van der Waals surface area contributed by atoms with Crippen molar-refractivity contribution in [2.75, 3.05) is 6.54 Å². The number of ether oxygens (including phenoxy) is 1. The van der Waals surface area contributed by atoms with Crippen molar-refractivity contribution in [3.05, 3.63) is 53.2 Å². The third-order valence-corrected chi connectivity index (χ3v) is 3.03. The van der Waals surface area contributed by atoms with Gasteiger partial charge in [-0.2, -0.15) is 0 Å². The molecule has 1 N–H and O–H groups in total. The number of furan rings is 1. The fourth-order valence-electron chi connectivity index (χ4n) is 1.95. The number of halogens is 1. The first-order chi connectivity index (χ1) is 10.0. The summed E-state index contributed by atoms with van der Waals surface area (Å²) in [6.07, 6.45) is 0. The monoisotopic (exact) mass is 291 g/mol. The van der Waals surface area contributed by atoms with Gasteiger partial charge in [0.15, 0.2) is 11.6 Å². The molecule has 0 saturated heterocycles. The van der Waals surface area contributed by atoms with Gasteiger partial charge in [0.05, 0.1) is 6.54 Å². The molecule has 2 rings (SSSR count).